The summed E-state index contributed by atoms with van der Waals surface area (Å²) in [7, 11) is 0. The molecule has 3 aromatic carbocycles. The van der Waals surface area contributed by atoms with Crippen molar-refractivity contribution >= 4 is 16.8 Å². The van der Waals surface area contributed by atoms with Crippen LogP contribution in [0, 0.1) is 0 Å². The topological polar surface area (TPSA) is 57.3 Å². The molecule has 1 aliphatic heterocycles. The fourth-order valence-electron chi connectivity index (χ4n) is 5.63. The smallest absolute Gasteiger partial charge is 0.252 e. The summed E-state index contributed by atoms with van der Waals surface area (Å²) in [6.07, 6.45) is 0.812. The molecule has 2 N–H and O–H groups in total. The Bertz CT molecular complexity index is 1350. The lowest BCUT2D eigenvalue weighted by Crippen LogP contribution is -2.53. The summed E-state index contributed by atoms with van der Waals surface area (Å²) >= 11 is 0. The number of rotatable bonds is 7. The molecule has 1 fully saturated rings. The van der Waals surface area contributed by atoms with E-state index < -0.39 is 0 Å². The third kappa shape index (κ3) is 5.58. The van der Waals surface area contributed by atoms with Crippen molar-refractivity contribution in [3.8, 4) is 11.3 Å². The number of hydrogen-bond acceptors (Lipinski definition) is 4. The summed E-state index contributed by atoms with van der Waals surface area (Å²) in [5.41, 5.74) is 5.60. The number of benzene rings is 3. The van der Waals surface area contributed by atoms with Gasteiger partial charge in [0.2, 0.25) is 0 Å². The minimum Gasteiger partial charge on any atom is -0.345 e. The Labute approximate surface area is 219 Å². The molecule has 0 radical (unpaired) electrons. The molecule has 0 saturated carbocycles. The molecule has 190 valence electrons. The van der Waals surface area contributed by atoms with Gasteiger partial charge < -0.3 is 10.6 Å². The minimum absolute atomic E-state index is 0.0438. The summed E-state index contributed by atoms with van der Waals surface area (Å²) in [6, 6.07) is 29.2. The quantitative estimate of drug-likeness (QED) is 0.334. The van der Waals surface area contributed by atoms with E-state index in [4.69, 9.17) is 4.98 Å². The van der Waals surface area contributed by atoms with Crippen LogP contribution in [0.2, 0.25) is 0 Å². The molecule has 4 aromatic rings. The number of aromatic nitrogens is 1. The zero-order chi connectivity index (χ0) is 25.8. The van der Waals surface area contributed by atoms with Crippen molar-refractivity contribution in [1.29, 1.82) is 0 Å². The molecule has 5 nitrogen and oxygen atoms in total. The lowest BCUT2D eigenvalue weighted by molar-refractivity contribution is 0.0934. The molecule has 0 spiro atoms. The summed E-state index contributed by atoms with van der Waals surface area (Å²) in [6.45, 7) is 9.07. The number of carbonyl (C=O) groups excluding carboxylic acids is 1. The number of amides is 1. The highest BCUT2D eigenvalue weighted by Crippen LogP contribution is 2.32. The van der Waals surface area contributed by atoms with Crippen LogP contribution >= 0.6 is 0 Å². The van der Waals surface area contributed by atoms with E-state index in [-0.39, 0.29) is 11.9 Å². The Balaban J connectivity index is 1.65. The molecule has 2 heterocycles. The SMILES string of the molecule is CC[C@H](NC(=O)c1c(CN2C[C@@H](C)N[C@@H](C)C2)c(-c2ccccc2)nc2ccccc12)c1ccccc1. The number of nitrogens with zero attached hydrogens (tertiary/aromatic N) is 2. The molecule has 1 saturated heterocycles. The van der Waals surface area contributed by atoms with Crippen molar-refractivity contribution in [2.45, 2.75) is 51.9 Å². The first kappa shape index (κ1) is 25.1. The first-order valence-electron chi connectivity index (χ1n) is 13.3. The Morgan fingerprint density at radius 2 is 1.57 bits per heavy atom. The largest absolute Gasteiger partial charge is 0.345 e. The Morgan fingerprint density at radius 3 is 2.24 bits per heavy atom. The summed E-state index contributed by atoms with van der Waals surface area (Å²) in [5, 5.41) is 7.89. The monoisotopic (exact) mass is 492 g/mol. The Hall–Kier alpha value is -3.54. The number of nitrogens with one attached hydrogen (secondary N) is 2. The van der Waals surface area contributed by atoms with Crippen molar-refractivity contribution in [2.75, 3.05) is 13.1 Å². The number of fused-ring (bicyclic) bond motifs is 1. The Kier molecular flexibility index (Phi) is 7.63. The van der Waals surface area contributed by atoms with E-state index in [1.807, 2.05) is 60.7 Å². The van der Waals surface area contributed by atoms with Crippen LogP contribution < -0.4 is 10.6 Å². The maximum atomic E-state index is 14.2. The van der Waals surface area contributed by atoms with E-state index in [9.17, 15) is 4.79 Å². The van der Waals surface area contributed by atoms with Crippen molar-refractivity contribution < 1.29 is 4.79 Å². The van der Waals surface area contributed by atoms with Crippen LogP contribution in [0.25, 0.3) is 22.2 Å². The average molecular weight is 493 g/mol. The number of piperazine rings is 1. The van der Waals surface area contributed by atoms with Crippen LogP contribution in [-0.4, -0.2) is 41.0 Å². The van der Waals surface area contributed by atoms with Gasteiger partial charge in [0.1, 0.15) is 0 Å². The third-order valence-electron chi connectivity index (χ3n) is 7.20. The van der Waals surface area contributed by atoms with Crippen molar-refractivity contribution in [3.63, 3.8) is 0 Å². The van der Waals surface area contributed by atoms with Crippen molar-refractivity contribution in [2.24, 2.45) is 0 Å². The lowest BCUT2D eigenvalue weighted by atomic mass is 9.94. The van der Waals surface area contributed by atoms with Gasteiger partial charge in [0.25, 0.3) is 5.91 Å². The first-order chi connectivity index (χ1) is 18.0. The predicted octanol–water partition coefficient (Wildman–Crippen LogP) is 5.97. The molecular formula is C32H36N4O. The van der Waals surface area contributed by atoms with E-state index in [2.05, 4.69) is 60.6 Å². The first-order valence-corrected chi connectivity index (χ1v) is 13.3. The molecule has 1 amide bonds. The summed E-state index contributed by atoms with van der Waals surface area (Å²) < 4.78 is 0. The zero-order valence-electron chi connectivity index (χ0n) is 21.9. The number of hydrogen-bond donors (Lipinski definition) is 2. The van der Waals surface area contributed by atoms with Crippen LogP contribution in [-0.2, 0) is 6.54 Å². The van der Waals surface area contributed by atoms with E-state index >= 15 is 0 Å². The van der Waals surface area contributed by atoms with E-state index in [1.165, 1.54) is 0 Å². The van der Waals surface area contributed by atoms with Gasteiger partial charge in [0, 0.05) is 48.2 Å². The highest BCUT2D eigenvalue weighted by molar-refractivity contribution is 6.09. The molecule has 37 heavy (non-hydrogen) atoms. The van der Waals surface area contributed by atoms with Crippen LogP contribution in [0.1, 0.15) is 54.7 Å². The summed E-state index contributed by atoms with van der Waals surface area (Å²) in [4.78, 5) is 21.8. The molecule has 1 aliphatic rings. The van der Waals surface area contributed by atoms with E-state index in [1.54, 1.807) is 0 Å². The lowest BCUT2D eigenvalue weighted by Gasteiger charge is -2.36. The van der Waals surface area contributed by atoms with Gasteiger partial charge >= 0.3 is 0 Å². The van der Waals surface area contributed by atoms with E-state index in [0.717, 1.165) is 58.4 Å². The van der Waals surface area contributed by atoms with E-state index in [0.29, 0.717) is 18.6 Å². The van der Waals surface area contributed by atoms with Gasteiger partial charge in [-0.3, -0.25) is 9.69 Å². The maximum Gasteiger partial charge on any atom is 0.252 e. The third-order valence-corrected chi connectivity index (χ3v) is 7.20. The fourth-order valence-corrected chi connectivity index (χ4v) is 5.63. The molecule has 0 bridgehead atoms. The standard InChI is InChI=1S/C32H36N4O/c1-4-28(24-13-7-5-8-14-24)35-32(37)30-26-17-11-12-18-29(26)34-31(25-15-9-6-10-16-25)27(30)21-36-19-22(2)33-23(3)20-36/h5-18,22-23,28,33H,4,19-21H2,1-3H3,(H,35,37)/t22-,23+,28-/m0/s1. The average Bonchev–Trinajstić information content (AvgIpc) is 2.91. The van der Waals surface area contributed by atoms with Crippen LogP contribution in [0.4, 0.5) is 0 Å². The number of para-hydroxylation sites is 1. The maximum absolute atomic E-state index is 14.2. The van der Waals surface area contributed by atoms with Gasteiger partial charge in [-0.15, -0.1) is 0 Å². The predicted molar refractivity (Wildman–Crippen MR) is 151 cm³/mol. The van der Waals surface area contributed by atoms with Gasteiger partial charge in [-0.1, -0.05) is 85.8 Å². The molecule has 5 rings (SSSR count). The molecule has 3 atom stereocenters. The number of carbonyl (C=O) groups is 1. The van der Waals surface area contributed by atoms with Gasteiger partial charge in [-0.25, -0.2) is 4.98 Å². The van der Waals surface area contributed by atoms with Gasteiger partial charge in [0.15, 0.2) is 0 Å². The molecule has 0 unspecified atom stereocenters. The van der Waals surface area contributed by atoms with Crippen LogP contribution in [0.15, 0.2) is 84.9 Å². The van der Waals surface area contributed by atoms with Crippen LogP contribution in [0.3, 0.4) is 0 Å². The van der Waals surface area contributed by atoms with Crippen molar-refractivity contribution in [1.82, 2.24) is 20.5 Å². The van der Waals surface area contributed by atoms with Crippen molar-refractivity contribution in [3.05, 3.63) is 102 Å². The highest BCUT2D eigenvalue weighted by atomic mass is 16.1. The molecule has 1 aromatic heterocycles. The zero-order valence-corrected chi connectivity index (χ0v) is 21.9. The molecular weight excluding hydrogens is 456 g/mol. The van der Waals surface area contributed by atoms with Gasteiger partial charge in [-0.05, 0) is 31.9 Å². The van der Waals surface area contributed by atoms with Gasteiger partial charge in [-0.2, -0.15) is 0 Å². The molecule has 5 heteroatoms. The fraction of sp³-hybridized carbons (Fsp3) is 0.312. The second-order valence-corrected chi connectivity index (χ2v) is 10.2. The molecule has 0 aliphatic carbocycles. The minimum atomic E-state index is -0.0621. The van der Waals surface area contributed by atoms with Gasteiger partial charge in [0.05, 0.1) is 22.8 Å². The highest BCUT2D eigenvalue weighted by Gasteiger charge is 2.27. The normalized spacial score (nSPS) is 19.0. The van der Waals surface area contributed by atoms with Crippen LogP contribution in [0.5, 0.6) is 0 Å². The second-order valence-electron chi connectivity index (χ2n) is 10.2. The Morgan fingerprint density at radius 1 is 0.946 bits per heavy atom. The second kappa shape index (κ2) is 11.2. The summed E-state index contributed by atoms with van der Waals surface area (Å²) in [5.74, 6) is -0.0438. The number of pyridine rings is 1.